The molecule has 0 atom stereocenters. The van der Waals surface area contributed by atoms with E-state index in [2.05, 4.69) is 25.4 Å². The first-order valence-electron chi connectivity index (χ1n) is 6.26. The average Bonchev–Trinajstić information content (AvgIpc) is 2.85. The highest BCUT2D eigenvalue weighted by Crippen LogP contribution is 2.18. The molecule has 0 spiro atoms. The Morgan fingerprint density at radius 1 is 1.30 bits per heavy atom. The minimum atomic E-state index is -0.277. The number of nitrogens with zero attached hydrogens (tertiary/aromatic N) is 4. The minimum Gasteiger partial charge on any atom is -0.343 e. The number of aromatic nitrogens is 4. The molecule has 7 nitrogen and oxygen atoms in total. The van der Waals surface area contributed by atoms with Crippen LogP contribution in [0.3, 0.4) is 0 Å². The predicted molar refractivity (Wildman–Crippen MR) is 70.9 cm³/mol. The Balaban J connectivity index is 1.97. The summed E-state index contributed by atoms with van der Waals surface area (Å²) in [6, 6.07) is 0. The predicted octanol–water partition coefficient (Wildman–Crippen LogP) is 1.40. The maximum absolute atomic E-state index is 11.9. The van der Waals surface area contributed by atoms with Crippen molar-refractivity contribution in [2.75, 3.05) is 0 Å². The second kappa shape index (κ2) is 5.36. The smallest absolute Gasteiger partial charge is 0.254 e. The zero-order chi connectivity index (χ0) is 14.8. The van der Waals surface area contributed by atoms with Gasteiger partial charge in [0.05, 0.1) is 12.1 Å². The molecule has 0 fully saturated rings. The van der Waals surface area contributed by atoms with E-state index < -0.39 is 0 Å². The highest BCUT2D eigenvalue weighted by Gasteiger charge is 2.21. The van der Waals surface area contributed by atoms with E-state index in [1.165, 1.54) is 12.4 Å². The van der Waals surface area contributed by atoms with Crippen LogP contribution >= 0.6 is 0 Å². The zero-order valence-corrected chi connectivity index (χ0v) is 12.0. The summed E-state index contributed by atoms with van der Waals surface area (Å²) in [5, 5.41) is 6.57. The molecule has 1 N–H and O–H groups in total. The van der Waals surface area contributed by atoms with Crippen molar-refractivity contribution in [3.05, 3.63) is 35.5 Å². The molecule has 2 heterocycles. The topological polar surface area (TPSA) is 93.8 Å². The van der Waals surface area contributed by atoms with Crippen LogP contribution < -0.4 is 5.32 Å². The monoisotopic (exact) mass is 275 g/mol. The number of nitrogens with one attached hydrogen (secondary N) is 1. The normalized spacial score (nSPS) is 11.4. The van der Waals surface area contributed by atoms with E-state index in [0.717, 1.165) is 0 Å². The zero-order valence-electron chi connectivity index (χ0n) is 12.0. The second-order valence-corrected chi connectivity index (χ2v) is 5.46. The van der Waals surface area contributed by atoms with E-state index in [0.29, 0.717) is 23.1 Å². The summed E-state index contributed by atoms with van der Waals surface area (Å²) < 4.78 is 5.09. The highest BCUT2D eigenvalue weighted by atomic mass is 16.5. The van der Waals surface area contributed by atoms with Gasteiger partial charge >= 0.3 is 0 Å². The Morgan fingerprint density at radius 2 is 1.95 bits per heavy atom. The third kappa shape index (κ3) is 3.37. The average molecular weight is 275 g/mol. The molecular formula is C13H17N5O2. The molecule has 2 aromatic rings. The van der Waals surface area contributed by atoms with Crippen LogP contribution in [-0.2, 0) is 12.0 Å². The molecule has 2 rings (SSSR count). The van der Waals surface area contributed by atoms with Crippen molar-refractivity contribution >= 4 is 5.91 Å². The van der Waals surface area contributed by atoms with Gasteiger partial charge in [0.25, 0.3) is 5.91 Å². The van der Waals surface area contributed by atoms with E-state index in [9.17, 15) is 4.79 Å². The first-order chi connectivity index (χ1) is 9.36. The maximum atomic E-state index is 11.9. The van der Waals surface area contributed by atoms with Crippen molar-refractivity contribution in [1.82, 2.24) is 25.4 Å². The van der Waals surface area contributed by atoms with Gasteiger partial charge in [-0.2, -0.15) is 4.98 Å². The van der Waals surface area contributed by atoms with Gasteiger partial charge in [0.2, 0.25) is 5.89 Å². The number of hydrogen-bond acceptors (Lipinski definition) is 6. The Kier molecular flexibility index (Phi) is 3.78. The Bertz CT molecular complexity index is 598. The lowest BCUT2D eigenvalue weighted by Gasteiger charge is -2.10. The van der Waals surface area contributed by atoms with Crippen LogP contribution in [0.25, 0.3) is 0 Å². The van der Waals surface area contributed by atoms with Crippen LogP contribution in [-0.4, -0.2) is 26.0 Å². The molecule has 0 unspecified atom stereocenters. The molecule has 2 aromatic heterocycles. The molecular weight excluding hydrogens is 258 g/mol. The van der Waals surface area contributed by atoms with E-state index in [1.54, 1.807) is 6.92 Å². The SMILES string of the molecule is Cc1ncc(C(=O)NCc2nc(C(C)(C)C)no2)cn1. The number of hydrogen-bond donors (Lipinski definition) is 1. The molecule has 1 amide bonds. The Labute approximate surface area is 116 Å². The van der Waals surface area contributed by atoms with E-state index in [1.807, 2.05) is 20.8 Å². The molecule has 106 valence electrons. The summed E-state index contributed by atoms with van der Waals surface area (Å²) >= 11 is 0. The van der Waals surface area contributed by atoms with Gasteiger partial charge in [-0.3, -0.25) is 4.79 Å². The molecule has 0 radical (unpaired) electrons. The molecule has 20 heavy (non-hydrogen) atoms. The number of carbonyl (C=O) groups is 1. The van der Waals surface area contributed by atoms with Crippen molar-refractivity contribution < 1.29 is 9.32 Å². The fourth-order valence-corrected chi connectivity index (χ4v) is 1.40. The van der Waals surface area contributed by atoms with Crippen molar-refractivity contribution in [1.29, 1.82) is 0 Å². The molecule has 0 aliphatic carbocycles. The lowest BCUT2D eigenvalue weighted by molar-refractivity contribution is 0.0945. The van der Waals surface area contributed by atoms with Gasteiger partial charge in [0.1, 0.15) is 5.82 Å². The van der Waals surface area contributed by atoms with Crippen LogP contribution in [0.4, 0.5) is 0 Å². The lowest BCUT2D eigenvalue weighted by Crippen LogP contribution is -2.23. The molecule has 0 bridgehead atoms. The molecule has 0 aliphatic heterocycles. The summed E-state index contributed by atoms with van der Waals surface area (Å²) in [5.74, 6) is 1.32. The van der Waals surface area contributed by atoms with Gasteiger partial charge in [0.15, 0.2) is 5.82 Å². The summed E-state index contributed by atoms with van der Waals surface area (Å²) in [7, 11) is 0. The Morgan fingerprint density at radius 3 is 2.50 bits per heavy atom. The van der Waals surface area contributed by atoms with Crippen LogP contribution in [0.5, 0.6) is 0 Å². The fraction of sp³-hybridized carbons (Fsp3) is 0.462. The minimum absolute atomic E-state index is 0.176. The van der Waals surface area contributed by atoms with Gasteiger partial charge < -0.3 is 9.84 Å². The number of amides is 1. The van der Waals surface area contributed by atoms with Gasteiger partial charge in [-0.25, -0.2) is 9.97 Å². The van der Waals surface area contributed by atoms with E-state index in [-0.39, 0.29) is 17.9 Å². The molecule has 0 aliphatic rings. The molecule has 0 aromatic carbocycles. The van der Waals surface area contributed by atoms with Gasteiger partial charge in [-0.1, -0.05) is 25.9 Å². The lowest BCUT2D eigenvalue weighted by atomic mass is 9.96. The number of rotatable bonds is 3. The molecule has 7 heteroatoms. The Hall–Kier alpha value is -2.31. The quantitative estimate of drug-likeness (QED) is 0.909. The first-order valence-corrected chi connectivity index (χ1v) is 6.26. The van der Waals surface area contributed by atoms with Crippen LogP contribution in [0.1, 0.15) is 48.7 Å². The first kappa shape index (κ1) is 14.1. The maximum Gasteiger partial charge on any atom is 0.254 e. The van der Waals surface area contributed by atoms with Crippen molar-refractivity contribution in [2.24, 2.45) is 0 Å². The van der Waals surface area contributed by atoms with Crippen LogP contribution in [0, 0.1) is 6.92 Å². The van der Waals surface area contributed by atoms with Crippen molar-refractivity contribution in [3.8, 4) is 0 Å². The summed E-state index contributed by atoms with van der Waals surface area (Å²) in [5.41, 5.74) is 0.211. The number of carbonyl (C=O) groups excluding carboxylic acids is 1. The summed E-state index contributed by atoms with van der Waals surface area (Å²) in [6.45, 7) is 7.90. The van der Waals surface area contributed by atoms with Crippen molar-refractivity contribution in [3.63, 3.8) is 0 Å². The van der Waals surface area contributed by atoms with E-state index >= 15 is 0 Å². The number of aryl methyl sites for hydroxylation is 1. The van der Waals surface area contributed by atoms with Crippen molar-refractivity contribution in [2.45, 2.75) is 39.7 Å². The van der Waals surface area contributed by atoms with Gasteiger partial charge in [-0.05, 0) is 6.92 Å². The molecule has 0 saturated heterocycles. The summed E-state index contributed by atoms with van der Waals surface area (Å²) in [4.78, 5) is 24.0. The van der Waals surface area contributed by atoms with Gasteiger partial charge in [-0.15, -0.1) is 0 Å². The third-order valence-corrected chi connectivity index (χ3v) is 2.58. The van der Waals surface area contributed by atoms with Crippen LogP contribution in [0.2, 0.25) is 0 Å². The van der Waals surface area contributed by atoms with Crippen LogP contribution in [0.15, 0.2) is 16.9 Å². The summed E-state index contributed by atoms with van der Waals surface area (Å²) in [6.07, 6.45) is 2.96. The largest absolute Gasteiger partial charge is 0.343 e. The van der Waals surface area contributed by atoms with E-state index in [4.69, 9.17) is 4.52 Å². The third-order valence-electron chi connectivity index (χ3n) is 2.58. The standard InChI is InChI=1S/C13H17N5O2/c1-8-14-5-9(6-15-8)11(19)16-7-10-17-12(18-20-10)13(2,3)4/h5-6H,7H2,1-4H3,(H,16,19). The highest BCUT2D eigenvalue weighted by molar-refractivity contribution is 5.93. The second-order valence-electron chi connectivity index (χ2n) is 5.46. The van der Waals surface area contributed by atoms with Gasteiger partial charge in [0, 0.05) is 17.8 Å². The molecule has 0 saturated carbocycles. The fourth-order valence-electron chi connectivity index (χ4n) is 1.40.